The molecular formula is C11H11N3O2. The normalized spacial score (nSPS) is 20.9. The Morgan fingerprint density at radius 2 is 2.25 bits per heavy atom. The molecule has 0 aliphatic carbocycles. The SMILES string of the molecule is NC1CC(=O)N(c2nc3ccccc3o2)C1. The maximum atomic E-state index is 11.6. The van der Waals surface area contributed by atoms with Crippen LogP contribution in [0.1, 0.15) is 6.42 Å². The molecule has 1 unspecified atom stereocenters. The van der Waals surface area contributed by atoms with Crippen LogP contribution in [0.2, 0.25) is 0 Å². The fourth-order valence-corrected chi connectivity index (χ4v) is 1.90. The van der Waals surface area contributed by atoms with Gasteiger partial charge in [-0.05, 0) is 12.1 Å². The lowest BCUT2D eigenvalue weighted by molar-refractivity contribution is -0.117. The molecule has 2 N–H and O–H groups in total. The Bertz CT molecular complexity index is 516. The summed E-state index contributed by atoms with van der Waals surface area (Å²) in [5.74, 6) is -0.0287. The van der Waals surface area contributed by atoms with Gasteiger partial charge in [-0.15, -0.1) is 0 Å². The first-order chi connectivity index (χ1) is 7.74. The fourth-order valence-electron chi connectivity index (χ4n) is 1.90. The summed E-state index contributed by atoms with van der Waals surface area (Å²) in [6.45, 7) is 0.478. The smallest absolute Gasteiger partial charge is 0.305 e. The van der Waals surface area contributed by atoms with Crippen molar-refractivity contribution >= 4 is 23.0 Å². The Labute approximate surface area is 91.8 Å². The molecule has 5 heteroatoms. The Balaban J connectivity index is 2.03. The van der Waals surface area contributed by atoms with Crippen molar-refractivity contribution in [3.63, 3.8) is 0 Å². The zero-order chi connectivity index (χ0) is 11.1. The molecule has 1 aliphatic heterocycles. The molecule has 0 bridgehead atoms. The Morgan fingerprint density at radius 3 is 2.94 bits per heavy atom. The van der Waals surface area contributed by atoms with Gasteiger partial charge in [0.05, 0.1) is 0 Å². The highest BCUT2D eigenvalue weighted by molar-refractivity contribution is 5.95. The zero-order valence-electron chi connectivity index (χ0n) is 8.59. The molecule has 1 aromatic carbocycles. The molecule has 1 aliphatic rings. The number of hydrogen-bond donors (Lipinski definition) is 1. The third kappa shape index (κ3) is 1.37. The summed E-state index contributed by atoms with van der Waals surface area (Å²) in [6, 6.07) is 7.65. The first-order valence-corrected chi connectivity index (χ1v) is 5.15. The van der Waals surface area contributed by atoms with Gasteiger partial charge in [0, 0.05) is 19.0 Å². The Morgan fingerprint density at radius 1 is 1.44 bits per heavy atom. The number of oxazole rings is 1. The van der Waals surface area contributed by atoms with Crippen molar-refractivity contribution < 1.29 is 9.21 Å². The third-order valence-electron chi connectivity index (χ3n) is 2.67. The number of carbonyl (C=O) groups is 1. The number of carbonyl (C=O) groups excluding carboxylic acids is 1. The number of para-hydroxylation sites is 2. The van der Waals surface area contributed by atoms with Crippen LogP contribution in [-0.4, -0.2) is 23.5 Å². The van der Waals surface area contributed by atoms with E-state index in [1.807, 2.05) is 24.3 Å². The van der Waals surface area contributed by atoms with Crippen molar-refractivity contribution in [2.24, 2.45) is 5.73 Å². The van der Waals surface area contributed by atoms with Crippen molar-refractivity contribution in [1.82, 2.24) is 4.98 Å². The van der Waals surface area contributed by atoms with Crippen LogP contribution in [0.5, 0.6) is 0 Å². The highest BCUT2D eigenvalue weighted by Gasteiger charge is 2.31. The van der Waals surface area contributed by atoms with Gasteiger partial charge in [0.1, 0.15) is 5.52 Å². The number of hydrogen-bond acceptors (Lipinski definition) is 4. The van der Waals surface area contributed by atoms with Gasteiger partial charge in [0.2, 0.25) is 5.91 Å². The van der Waals surface area contributed by atoms with E-state index in [4.69, 9.17) is 10.2 Å². The monoisotopic (exact) mass is 217 g/mol. The second kappa shape index (κ2) is 3.31. The number of nitrogens with two attached hydrogens (primary N) is 1. The number of benzene rings is 1. The number of amides is 1. The lowest BCUT2D eigenvalue weighted by Gasteiger charge is -2.09. The van der Waals surface area contributed by atoms with E-state index in [1.165, 1.54) is 4.90 Å². The van der Waals surface area contributed by atoms with E-state index in [0.29, 0.717) is 24.6 Å². The summed E-state index contributed by atoms with van der Waals surface area (Å²) in [6.07, 6.45) is 0.360. The molecule has 0 saturated carbocycles. The third-order valence-corrected chi connectivity index (χ3v) is 2.67. The van der Waals surface area contributed by atoms with Crippen molar-refractivity contribution in [3.8, 4) is 0 Å². The van der Waals surface area contributed by atoms with E-state index in [0.717, 1.165) is 5.52 Å². The van der Waals surface area contributed by atoms with Gasteiger partial charge >= 0.3 is 6.01 Å². The first-order valence-electron chi connectivity index (χ1n) is 5.15. The van der Waals surface area contributed by atoms with Crippen molar-refractivity contribution in [2.45, 2.75) is 12.5 Å². The minimum atomic E-state index is -0.123. The van der Waals surface area contributed by atoms with Crippen LogP contribution in [0, 0.1) is 0 Å². The number of aromatic nitrogens is 1. The van der Waals surface area contributed by atoms with E-state index >= 15 is 0 Å². The molecule has 1 amide bonds. The molecule has 16 heavy (non-hydrogen) atoms. The van der Waals surface area contributed by atoms with Gasteiger partial charge < -0.3 is 10.2 Å². The molecule has 2 heterocycles. The van der Waals surface area contributed by atoms with Gasteiger partial charge in [-0.1, -0.05) is 12.1 Å². The van der Waals surface area contributed by atoms with Crippen LogP contribution >= 0.6 is 0 Å². The predicted molar refractivity (Wildman–Crippen MR) is 59.0 cm³/mol. The fraction of sp³-hybridized carbons (Fsp3) is 0.273. The summed E-state index contributed by atoms with van der Waals surface area (Å²) in [5, 5.41) is 0. The molecule has 3 rings (SSSR count). The lowest BCUT2D eigenvalue weighted by Crippen LogP contribution is -2.28. The predicted octanol–water partition coefficient (Wildman–Crippen LogP) is 0.892. The minimum Gasteiger partial charge on any atom is -0.423 e. The maximum Gasteiger partial charge on any atom is 0.305 e. The average Bonchev–Trinajstić information content (AvgIpc) is 2.81. The van der Waals surface area contributed by atoms with Gasteiger partial charge in [-0.3, -0.25) is 9.69 Å². The molecule has 1 atom stereocenters. The van der Waals surface area contributed by atoms with Crippen molar-refractivity contribution in [1.29, 1.82) is 0 Å². The van der Waals surface area contributed by atoms with E-state index in [1.54, 1.807) is 0 Å². The highest BCUT2D eigenvalue weighted by atomic mass is 16.4. The summed E-state index contributed by atoms with van der Waals surface area (Å²) in [4.78, 5) is 17.4. The standard InChI is InChI=1S/C11H11N3O2/c12-7-5-10(15)14(6-7)11-13-8-3-1-2-4-9(8)16-11/h1-4,7H,5-6,12H2. The summed E-state index contributed by atoms with van der Waals surface area (Å²) < 4.78 is 5.51. The minimum absolute atomic E-state index is 0.0287. The topological polar surface area (TPSA) is 72.4 Å². The average molecular weight is 217 g/mol. The molecule has 2 aromatic rings. The number of anilines is 1. The highest BCUT2D eigenvalue weighted by Crippen LogP contribution is 2.24. The quantitative estimate of drug-likeness (QED) is 0.770. The summed E-state index contributed by atoms with van der Waals surface area (Å²) >= 11 is 0. The van der Waals surface area contributed by atoms with Crippen molar-refractivity contribution in [3.05, 3.63) is 24.3 Å². The van der Waals surface area contributed by atoms with Gasteiger partial charge in [0.15, 0.2) is 5.58 Å². The summed E-state index contributed by atoms with van der Waals surface area (Å²) in [5.41, 5.74) is 7.16. The van der Waals surface area contributed by atoms with Gasteiger partial charge in [0.25, 0.3) is 0 Å². The molecule has 1 aromatic heterocycles. The Hall–Kier alpha value is -1.88. The molecule has 1 fully saturated rings. The van der Waals surface area contributed by atoms with E-state index < -0.39 is 0 Å². The van der Waals surface area contributed by atoms with Gasteiger partial charge in [-0.2, -0.15) is 4.98 Å². The van der Waals surface area contributed by atoms with Gasteiger partial charge in [-0.25, -0.2) is 0 Å². The largest absolute Gasteiger partial charge is 0.423 e. The van der Waals surface area contributed by atoms with Crippen LogP contribution in [0.3, 0.4) is 0 Å². The molecule has 1 saturated heterocycles. The van der Waals surface area contributed by atoms with Crippen LogP contribution < -0.4 is 10.6 Å². The van der Waals surface area contributed by atoms with E-state index in [-0.39, 0.29) is 11.9 Å². The van der Waals surface area contributed by atoms with Crippen molar-refractivity contribution in [2.75, 3.05) is 11.4 Å². The molecule has 0 spiro atoms. The van der Waals surface area contributed by atoms with Crippen LogP contribution in [-0.2, 0) is 4.79 Å². The number of fused-ring (bicyclic) bond motifs is 1. The van der Waals surface area contributed by atoms with Crippen LogP contribution in [0.15, 0.2) is 28.7 Å². The lowest BCUT2D eigenvalue weighted by atomic mass is 10.3. The van der Waals surface area contributed by atoms with E-state index in [9.17, 15) is 4.79 Å². The molecule has 5 nitrogen and oxygen atoms in total. The number of nitrogens with zero attached hydrogens (tertiary/aromatic N) is 2. The van der Waals surface area contributed by atoms with Crippen LogP contribution in [0.4, 0.5) is 6.01 Å². The van der Waals surface area contributed by atoms with Crippen LogP contribution in [0.25, 0.3) is 11.1 Å². The second-order valence-electron chi connectivity index (χ2n) is 3.93. The molecule has 82 valence electrons. The second-order valence-corrected chi connectivity index (χ2v) is 3.93. The van der Waals surface area contributed by atoms with E-state index in [2.05, 4.69) is 4.98 Å². The summed E-state index contributed by atoms with van der Waals surface area (Å²) in [7, 11) is 0. The first kappa shape index (κ1) is 9.35. The maximum absolute atomic E-state index is 11.6. The molecular weight excluding hydrogens is 206 g/mol. The molecule has 0 radical (unpaired) electrons. The Kier molecular flexibility index (Phi) is 1.94. The zero-order valence-corrected chi connectivity index (χ0v) is 8.59. The number of rotatable bonds is 1.